The molecule has 3 heteroatoms. The summed E-state index contributed by atoms with van der Waals surface area (Å²) in [4.78, 5) is 4.06. The maximum absolute atomic E-state index is 13.1. The maximum atomic E-state index is 13.1. The molecule has 0 saturated heterocycles. The smallest absolute Gasteiger partial charge is 0.126 e. The van der Waals surface area contributed by atoms with Gasteiger partial charge in [0.25, 0.3) is 0 Å². The van der Waals surface area contributed by atoms with Crippen LogP contribution in [0.15, 0.2) is 36.7 Å². The van der Waals surface area contributed by atoms with Gasteiger partial charge in [-0.05, 0) is 48.2 Å². The molecule has 0 aliphatic heterocycles. The Morgan fingerprint density at radius 1 is 1.11 bits per heavy atom. The first-order valence-electron chi connectivity index (χ1n) is 6.02. The van der Waals surface area contributed by atoms with Crippen molar-refractivity contribution in [2.45, 2.75) is 26.9 Å². The molecule has 0 fully saturated rings. The van der Waals surface area contributed by atoms with E-state index in [1.54, 1.807) is 13.1 Å². The van der Waals surface area contributed by atoms with Crippen LogP contribution in [0.5, 0.6) is 0 Å². The fourth-order valence-corrected chi connectivity index (χ4v) is 1.86. The van der Waals surface area contributed by atoms with Crippen molar-refractivity contribution in [2.24, 2.45) is 0 Å². The van der Waals surface area contributed by atoms with E-state index in [0.29, 0.717) is 5.56 Å². The molecule has 94 valence electrons. The van der Waals surface area contributed by atoms with Gasteiger partial charge in [-0.1, -0.05) is 12.1 Å². The molecule has 0 saturated carbocycles. The lowest BCUT2D eigenvalue weighted by molar-refractivity contribution is 0.615. The molecule has 2 nitrogen and oxygen atoms in total. The SMILES string of the molecule is Cc1cc(CNCc2ccncc2C)ccc1F. The summed E-state index contributed by atoms with van der Waals surface area (Å²) in [5.74, 6) is -0.149. The fourth-order valence-electron chi connectivity index (χ4n) is 1.86. The average Bonchev–Trinajstić information content (AvgIpc) is 2.36. The topological polar surface area (TPSA) is 24.9 Å². The molecule has 0 unspecified atom stereocenters. The zero-order valence-electron chi connectivity index (χ0n) is 10.7. The van der Waals surface area contributed by atoms with Crippen molar-refractivity contribution in [3.05, 3.63) is 64.7 Å². The van der Waals surface area contributed by atoms with Crippen molar-refractivity contribution in [1.29, 1.82) is 0 Å². The van der Waals surface area contributed by atoms with Crippen LogP contribution in [-0.2, 0) is 13.1 Å². The number of nitrogens with one attached hydrogen (secondary N) is 1. The summed E-state index contributed by atoms with van der Waals surface area (Å²) in [6.45, 7) is 5.37. The normalized spacial score (nSPS) is 10.6. The van der Waals surface area contributed by atoms with Crippen LogP contribution < -0.4 is 5.32 Å². The highest BCUT2D eigenvalue weighted by atomic mass is 19.1. The second-order valence-corrected chi connectivity index (χ2v) is 4.49. The quantitative estimate of drug-likeness (QED) is 0.893. The van der Waals surface area contributed by atoms with Crippen LogP contribution in [0.4, 0.5) is 4.39 Å². The number of aromatic nitrogens is 1. The second kappa shape index (κ2) is 5.74. The monoisotopic (exact) mass is 244 g/mol. The van der Waals surface area contributed by atoms with Crippen LogP contribution in [0.1, 0.15) is 22.3 Å². The molecule has 0 amide bonds. The Kier molecular flexibility index (Phi) is 4.05. The van der Waals surface area contributed by atoms with Crippen molar-refractivity contribution in [2.75, 3.05) is 0 Å². The van der Waals surface area contributed by atoms with E-state index in [0.717, 1.165) is 18.7 Å². The Balaban J connectivity index is 1.92. The molecule has 0 aliphatic rings. The number of hydrogen-bond donors (Lipinski definition) is 1. The Labute approximate surface area is 107 Å². The van der Waals surface area contributed by atoms with Crippen LogP contribution in [-0.4, -0.2) is 4.98 Å². The lowest BCUT2D eigenvalue weighted by Gasteiger charge is -2.08. The van der Waals surface area contributed by atoms with Gasteiger partial charge >= 0.3 is 0 Å². The van der Waals surface area contributed by atoms with Gasteiger partial charge in [0, 0.05) is 25.5 Å². The summed E-state index contributed by atoms with van der Waals surface area (Å²) in [6.07, 6.45) is 3.66. The number of pyridine rings is 1. The lowest BCUT2D eigenvalue weighted by Crippen LogP contribution is -2.13. The fraction of sp³-hybridized carbons (Fsp3) is 0.267. The van der Waals surface area contributed by atoms with Crippen LogP contribution in [0.3, 0.4) is 0 Å². The van der Waals surface area contributed by atoms with E-state index in [9.17, 15) is 4.39 Å². The zero-order valence-corrected chi connectivity index (χ0v) is 10.7. The van der Waals surface area contributed by atoms with Gasteiger partial charge in [-0.15, -0.1) is 0 Å². The van der Waals surface area contributed by atoms with Crippen LogP contribution >= 0.6 is 0 Å². The molecule has 18 heavy (non-hydrogen) atoms. The molecule has 1 N–H and O–H groups in total. The molecule has 0 bridgehead atoms. The highest BCUT2D eigenvalue weighted by Crippen LogP contribution is 2.10. The van der Waals surface area contributed by atoms with Gasteiger partial charge in [0.05, 0.1) is 0 Å². The van der Waals surface area contributed by atoms with Gasteiger partial charge in [0.2, 0.25) is 0 Å². The van der Waals surface area contributed by atoms with Gasteiger partial charge in [-0.2, -0.15) is 0 Å². The van der Waals surface area contributed by atoms with E-state index < -0.39 is 0 Å². The third-order valence-electron chi connectivity index (χ3n) is 3.00. The summed E-state index contributed by atoms with van der Waals surface area (Å²) >= 11 is 0. The molecule has 0 spiro atoms. The second-order valence-electron chi connectivity index (χ2n) is 4.49. The van der Waals surface area contributed by atoms with Gasteiger partial charge in [-0.3, -0.25) is 4.98 Å². The summed E-state index contributed by atoms with van der Waals surface area (Å²) in [7, 11) is 0. The molecule has 2 rings (SSSR count). The third kappa shape index (κ3) is 3.14. The summed E-state index contributed by atoms with van der Waals surface area (Å²) < 4.78 is 13.1. The molecule has 1 heterocycles. The lowest BCUT2D eigenvalue weighted by atomic mass is 10.1. The minimum absolute atomic E-state index is 0.149. The first kappa shape index (κ1) is 12.7. The van der Waals surface area contributed by atoms with E-state index in [1.807, 2.05) is 31.3 Å². The number of benzene rings is 1. The molecule has 1 aromatic heterocycles. The van der Waals surface area contributed by atoms with Gasteiger partial charge in [0.15, 0.2) is 0 Å². The highest BCUT2D eigenvalue weighted by Gasteiger charge is 2.00. The largest absolute Gasteiger partial charge is 0.309 e. The number of nitrogens with zero attached hydrogens (tertiary/aromatic N) is 1. The number of halogens is 1. The van der Waals surface area contributed by atoms with Crippen molar-refractivity contribution >= 4 is 0 Å². The number of aryl methyl sites for hydroxylation is 2. The summed E-state index contributed by atoms with van der Waals surface area (Å²) in [5, 5.41) is 3.36. The number of rotatable bonds is 4. The third-order valence-corrected chi connectivity index (χ3v) is 3.00. The minimum Gasteiger partial charge on any atom is -0.309 e. The molecule has 2 aromatic rings. The highest BCUT2D eigenvalue weighted by molar-refractivity contribution is 5.24. The molecule has 0 aliphatic carbocycles. The van der Waals surface area contributed by atoms with E-state index in [-0.39, 0.29) is 5.82 Å². The summed E-state index contributed by atoms with van der Waals surface area (Å²) in [6, 6.07) is 7.22. The van der Waals surface area contributed by atoms with E-state index in [2.05, 4.69) is 10.3 Å². The Bertz CT molecular complexity index is 538. The van der Waals surface area contributed by atoms with Crippen LogP contribution in [0.25, 0.3) is 0 Å². The van der Waals surface area contributed by atoms with E-state index in [1.165, 1.54) is 17.2 Å². The van der Waals surface area contributed by atoms with Gasteiger partial charge < -0.3 is 5.32 Å². The predicted octanol–water partition coefficient (Wildman–Crippen LogP) is 3.13. The van der Waals surface area contributed by atoms with Gasteiger partial charge in [-0.25, -0.2) is 4.39 Å². The van der Waals surface area contributed by atoms with Crippen molar-refractivity contribution in [3.63, 3.8) is 0 Å². The van der Waals surface area contributed by atoms with E-state index in [4.69, 9.17) is 0 Å². The Morgan fingerprint density at radius 2 is 1.94 bits per heavy atom. The van der Waals surface area contributed by atoms with Crippen molar-refractivity contribution in [1.82, 2.24) is 10.3 Å². The number of hydrogen-bond acceptors (Lipinski definition) is 2. The first-order chi connectivity index (χ1) is 8.66. The predicted molar refractivity (Wildman–Crippen MR) is 70.7 cm³/mol. The van der Waals surface area contributed by atoms with E-state index >= 15 is 0 Å². The molecular weight excluding hydrogens is 227 g/mol. The van der Waals surface area contributed by atoms with Gasteiger partial charge in [0.1, 0.15) is 5.82 Å². The molecule has 0 atom stereocenters. The molecule has 1 aromatic carbocycles. The minimum atomic E-state index is -0.149. The Morgan fingerprint density at radius 3 is 2.67 bits per heavy atom. The van der Waals surface area contributed by atoms with Crippen molar-refractivity contribution < 1.29 is 4.39 Å². The summed E-state index contributed by atoms with van der Waals surface area (Å²) in [5.41, 5.74) is 4.21. The first-order valence-corrected chi connectivity index (χ1v) is 6.02. The molecular formula is C15H17FN2. The standard InChI is InChI=1S/C15H17FN2/c1-11-7-13(3-4-15(11)16)9-18-10-14-5-6-17-8-12(14)2/h3-8,18H,9-10H2,1-2H3. The maximum Gasteiger partial charge on any atom is 0.126 e. The average molecular weight is 244 g/mol. The molecule has 0 radical (unpaired) electrons. The van der Waals surface area contributed by atoms with Crippen LogP contribution in [0, 0.1) is 19.7 Å². The van der Waals surface area contributed by atoms with Crippen molar-refractivity contribution in [3.8, 4) is 0 Å². The van der Waals surface area contributed by atoms with Crippen LogP contribution in [0.2, 0.25) is 0 Å². The zero-order chi connectivity index (χ0) is 13.0. The Hall–Kier alpha value is -1.74.